The van der Waals surface area contributed by atoms with E-state index in [-0.39, 0.29) is 6.61 Å². The average molecular weight is 349 g/mol. The second kappa shape index (κ2) is 9.64. The SMILES string of the molecule is C#CCOc1ccccc1/C=N\NC(=O)C(=O)Nc1ccc(CC)cc1. The van der Waals surface area contributed by atoms with E-state index in [0.29, 0.717) is 17.0 Å². The van der Waals surface area contributed by atoms with Crippen LogP contribution in [0.15, 0.2) is 53.6 Å². The van der Waals surface area contributed by atoms with Crippen LogP contribution in [0.4, 0.5) is 5.69 Å². The van der Waals surface area contributed by atoms with E-state index in [4.69, 9.17) is 11.2 Å². The third kappa shape index (κ3) is 5.49. The third-order valence-corrected chi connectivity index (χ3v) is 3.43. The summed E-state index contributed by atoms with van der Waals surface area (Å²) in [5, 5.41) is 6.29. The van der Waals surface area contributed by atoms with Gasteiger partial charge in [-0.1, -0.05) is 37.1 Å². The van der Waals surface area contributed by atoms with Gasteiger partial charge in [0.2, 0.25) is 0 Å². The first kappa shape index (κ1) is 18.7. The molecule has 0 aliphatic carbocycles. The highest BCUT2D eigenvalue weighted by Gasteiger charge is 2.12. The molecular formula is C20H19N3O3. The van der Waals surface area contributed by atoms with Gasteiger partial charge in [0.25, 0.3) is 0 Å². The van der Waals surface area contributed by atoms with E-state index in [1.165, 1.54) is 6.21 Å². The summed E-state index contributed by atoms with van der Waals surface area (Å²) < 4.78 is 5.37. The van der Waals surface area contributed by atoms with Crippen molar-refractivity contribution >= 4 is 23.7 Å². The summed E-state index contributed by atoms with van der Waals surface area (Å²) in [4.78, 5) is 23.7. The lowest BCUT2D eigenvalue weighted by atomic mass is 10.1. The van der Waals surface area contributed by atoms with Gasteiger partial charge in [0.05, 0.1) is 6.21 Å². The lowest BCUT2D eigenvalue weighted by Crippen LogP contribution is -2.32. The van der Waals surface area contributed by atoms with Crippen molar-refractivity contribution in [3.63, 3.8) is 0 Å². The second-order valence-electron chi connectivity index (χ2n) is 5.23. The van der Waals surface area contributed by atoms with Gasteiger partial charge in [-0.3, -0.25) is 9.59 Å². The molecule has 6 heteroatoms. The maximum Gasteiger partial charge on any atom is 0.329 e. The van der Waals surface area contributed by atoms with Crippen molar-refractivity contribution in [3.05, 3.63) is 59.7 Å². The number of rotatable bonds is 6. The molecule has 0 aliphatic rings. The molecule has 0 aliphatic heterocycles. The second-order valence-corrected chi connectivity index (χ2v) is 5.23. The zero-order chi connectivity index (χ0) is 18.8. The van der Waals surface area contributed by atoms with Gasteiger partial charge in [-0.15, -0.1) is 6.42 Å². The number of anilines is 1. The number of para-hydroxylation sites is 1. The van der Waals surface area contributed by atoms with E-state index < -0.39 is 11.8 Å². The van der Waals surface area contributed by atoms with E-state index in [0.717, 1.165) is 12.0 Å². The van der Waals surface area contributed by atoms with Crippen molar-refractivity contribution in [2.24, 2.45) is 5.10 Å². The highest BCUT2D eigenvalue weighted by atomic mass is 16.5. The van der Waals surface area contributed by atoms with Crippen molar-refractivity contribution < 1.29 is 14.3 Å². The Hall–Kier alpha value is -3.59. The maximum atomic E-state index is 11.9. The Morgan fingerprint density at radius 1 is 1.15 bits per heavy atom. The zero-order valence-electron chi connectivity index (χ0n) is 14.4. The van der Waals surface area contributed by atoms with Crippen molar-refractivity contribution in [2.45, 2.75) is 13.3 Å². The Morgan fingerprint density at radius 3 is 2.58 bits per heavy atom. The number of terminal acetylenes is 1. The number of carbonyl (C=O) groups excluding carboxylic acids is 2. The number of carbonyl (C=O) groups is 2. The normalized spacial score (nSPS) is 10.2. The van der Waals surface area contributed by atoms with Gasteiger partial charge < -0.3 is 10.1 Å². The van der Waals surface area contributed by atoms with Crippen LogP contribution in [0.3, 0.4) is 0 Å². The maximum absolute atomic E-state index is 11.9. The summed E-state index contributed by atoms with van der Waals surface area (Å²) in [5.41, 5.74) is 4.49. The van der Waals surface area contributed by atoms with Crippen molar-refractivity contribution in [2.75, 3.05) is 11.9 Å². The number of amides is 2. The topological polar surface area (TPSA) is 79.8 Å². The molecule has 0 spiro atoms. The highest BCUT2D eigenvalue weighted by Crippen LogP contribution is 2.15. The van der Waals surface area contributed by atoms with Gasteiger partial charge in [-0.05, 0) is 36.2 Å². The van der Waals surface area contributed by atoms with E-state index >= 15 is 0 Å². The molecule has 6 nitrogen and oxygen atoms in total. The lowest BCUT2D eigenvalue weighted by molar-refractivity contribution is -0.136. The van der Waals surface area contributed by atoms with Crippen LogP contribution < -0.4 is 15.5 Å². The van der Waals surface area contributed by atoms with Crippen LogP contribution in [0, 0.1) is 12.3 Å². The first-order valence-corrected chi connectivity index (χ1v) is 8.02. The number of nitrogens with one attached hydrogen (secondary N) is 2. The van der Waals surface area contributed by atoms with Crippen LogP contribution in [0.1, 0.15) is 18.1 Å². The number of benzene rings is 2. The van der Waals surface area contributed by atoms with E-state index in [1.54, 1.807) is 36.4 Å². The molecule has 132 valence electrons. The molecule has 0 unspecified atom stereocenters. The van der Waals surface area contributed by atoms with Gasteiger partial charge in [0, 0.05) is 11.3 Å². The number of ether oxygens (including phenoxy) is 1. The summed E-state index contributed by atoms with van der Waals surface area (Å²) in [7, 11) is 0. The molecule has 2 rings (SSSR count). The predicted octanol–water partition coefficient (Wildman–Crippen LogP) is 2.35. The minimum absolute atomic E-state index is 0.121. The van der Waals surface area contributed by atoms with Crippen LogP contribution in [-0.4, -0.2) is 24.6 Å². The number of hydrogen-bond acceptors (Lipinski definition) is 4. The molecule has 0 saturated carbocycles. The summed E-state index contributed by atoms with van der Waals surface area (Å²) in [6.07, 6.45) is 7.45. The predicted molar refractivity (Wildman–Crippen MR) is 101 cm³/mol. The van der Waals surface area contributed by atoms with Crippen LogP contribution in [-0.2, 0) is 16.0 Å². The van der Waals surface area contributed by atoms with Gasteiger partial charge in [0.1, 0.15) is 12.4 Å². The Balaban J connectivity index is 1.92. The smallest absolute Gasteiger partial charge is 0.329 e. The summed E-state index contributed by atoms with van der Waals surface area (Å²) >= 11 is 0. The first-order valence-electron chi connectivity index (χ1n) is 8.02. The number of hydrazone groups is 1. The van der Waals surface area contributed by atoms with Crippen LogP contribution >= 0.6 is 0 Å². The quantitative estimate of drug-likeness (QED) is 0.364. The molecule has 0 atom stereocenters. The zero-order valence-corrected chi connectivity index (χ0v) is 14.4. The molecule has 0 bridgehead atoms. The molecule has 0 radical (unpaired) electrons. The monoisotopic (exact) mass is 349 g/mol. The average Bonchev–Trinajstić information content (AvgIpc) is 2.67. The van der Waals surface area contributed by atoms with Gasteiger partial charge in [0.15, 0.2) is 0 Å². The van der Waals surface area contributed by atoms with Crippen molar-refractivity contribution in [3.8, 4) is 18.1 Å². The fourth-order valence-electron chi connectivity index (χ4n) is 2.06. The third-order valence-electron chi connectivity index (χ3n) is 3.43. The molecule has 26 heavy (non-hydrogen) atoms. The Morgan fingerprint density at radius 2 is 1.88 bits per heavy atom. The molecule has 2 aromatic rings. The fraction of sp³-hybridized carbons (Fsp3) is 0.150. The molecule has 0 aromatic heterocycles. The Bertz CT molecular complexity index is 836. The van der Waals surface area contributed by atoms with Crippen LogP contribution in [0.2, 0.25) is 0 Å². The highest BCUT2D eigenvalue weighted by molar-refractivity contribution is 6.39. The van der Waals surface area contributed by atoms with E-state index in [2.05, 4.69) is 21.8 Å². The first-order chi connectivity index (χ1) is 12.6. The number of nitrogens with zero attached hydrogens (tertiary/aromatic N) is 1. The van der Waals surface area contributed by atoms with Crippen molar-refractivity contribution in [1.82, 2.24) is 5.43 Å². The number of hydrogen-bond donors (Lipinski definition) is 2. The summed E-state index contributed by atoms with van der Waals surface area (Å²) in [5.74, 6) is 1.23. The minimum Gasteiger partial charge on any atom is -0.480 e. The molecular weight excluding hydrogens is 330 g/mol. The fourth-order valence-corrected chi connectivity index (χ4v) is 2.06. The number of aryl methyl sites for hydroxylation is 1. The van der Waals surface area contributed by atoms with Crippen LogP contribution in [0.5, 0.6) is 5.75 Å². The van der Waals surface area contributed by atoms with E-state index in [9.17, 15) is 9.59 Å². The molecule has 2 N–H and O–H groups in total. The van der Waals surface area contributed by atoms with Gasteiger partial charge >= 0.3 is 11.8 Å². The Kier molecular flexibility index (Phi) is 6.95. The molecule has 0 saturated heterocycles. The summed E-state index contributed by atoms with van der Waals surface area (Å²) in [6.45, 7) is 2.16. The van der Waals surface area contributed by atoms with Crippen molar-refractivity contribution in [1.29, 1.82) is 0 Å². The standard InChI is InChI=1S/C20H19N3O3/c1-3-13-26-18-8-6-5-7-16(18)14-21-23-20(25)19(24)22-17-11-9-15(4-2)10-12-17/h1,5-12,14H,4,13H2,2H3,(H,22,24)(H,23,25)/b21-14-. The largest absolute Gasteiger partial charge is 0.480 e. The molecule has 2 amide bonds. The lowest BCUT2D eigenvalue weighted by Gasteiger charge is -2.06. The van der Waals surface area contributed by atoms with E-state index in [1.807, 2.05) is 19.1 Å². The van der Waals surface area contributed by atoms with Crippen LogP contribution in [0.25, 0.3) is 0 Å². The molecule has 0 heterocycles. The molecule has 2 aromatic carbocycles. The minimum atomic E-state index is -0.872. The van der Waals surface area contributed by atoms with Gasteiger partial charge in [-0.2, -0.15) is 5.10 Å². The Labute approximate surface area is 152 Å². The van der Waals surface area contributed by atoms with Gasteiger partial charge in [-0.25, -0.2) is 5.43 Å². The molecule has 0 fully saturated rings. The summed E-state index contributed by atoms with van der Waals surface area (Å²) in [6, 6.07) is 14.3.